The van der Waals surface area contributed by atoms with Gasteiger partial charge >= 0.3 is 0 Å². The monoisotopic (exact) mass is 243 g/mol. The van der Waals surface area contributed by atoms with Crippen LogP contribution in [0, 0.1) is 5.41 Å². The molecule has 0 spiro atoms. The van der Waals surface area contributed by atoms with Crippen molar-refractivity contribution in [3.8, 4) is 0 Å². The molecular weight excluding hydrogens is 226 g/mol. The molecule has 1 unspecified atom stereocenters. The zero-order chi connectivity index (χ0) is 11.9. The van der Waals surface area contributed by atoms with Crippen molar-refractivity contribution in [2.24, 2.45) is 5.41 Å². The average molecular weight is 243 g/mol. The number of benzene rings is 1. The summed E-state index contributed by atoms with van der Waals surface area (Å²) in [5.74, 6) is 0. The Morgan fingerprint density at radius 3 is 2.82 bits per heavy atom. The Hall–Kier alpha value is -1.28. The zero-order valence-electron chi connectivity index (χ0n) is 10.2. The molecule has 1 heterocycles. The van der Waals surface area contributed by atoms with Crippen LogP contribution in [0.15, 0.2) is 41.1 Å². The Morgan fingerprint density at radius 1 is 1.24 bits per heavy atom. The number of thiophene rings is 1. The minimum atomic E-state index is 0.283. The van der Waals surface area contributed by atoms with Crippen LogP contribution in [0.5, 0.6) is 0 Å². The summed E-state index contributed by atoms with van der Waals surface area (Å²) in [7, 11) is 0. The summed E-state index contributed by atoms with van der Waals surface area (Å²) >= 11 is 1.74. The fourth-order valence-electron chi connectivity index (χ4n) is 2.78. The summed E-state index contributed by atoms with van der Waals surface area (Å²) in [6, 6.07) is 11.4. The summed E-state index contributed by atoms with van der Waals surface area (Å²) in [5.41, 5.74) is 4.48. The van der Waals surface area contributed by atoms with E-state index in [1.54, 1.807) is 11.3 Å². The lowest BCUT2D eigenvalue weighted by atomic mass is 9.85. The van der Waals surface area contributed by atoms with Gasteiger partial charge in [0.2, 0.25) is 0 Å². The second kappa shape index (κ2) is 3.88. The van der Waals surface area contributed by atoms with Gasteiger partial charge in [-0.2, -0.15) is 11.3 Å². The van der Waals surface area contributed by atoms with Crippen molar-refractivity contribution < 1.29 is 0 Å². The van der Waals surface area contributed by atoms with E-state index in [2.05, 4.69) is 60.3 Å². The SMILES string of the molecule is CC1(C)Cc2ccccc2C1Nc1ccsc1. The number of anilines is 1. The highest BCUT2D eigenvalue weighted by Gasteiger charge is 2.38. The molecule has 0 saturated carbocycles. The number of nitrogens with one attached hydrogen (secondary N) is 1. The molecule has 1 N–H and O–H groups in total. The van der Waals surface area contributed by atoms with Crippen molar-refractivity contribution in [1.29, 1.82) is 0 Å². The van der Waals surface area contributed by atoms with E-state index in [0.717, 1.165) is 6.42 Å². The van der Waals surface area contributed by atoms with Crippen molar-refractivity contribution in [1.82, 2.24) is 0 Å². The fraction of sp³-hybridized carbons (Fsp3) is 0.333. The predicted molar refractivity (Wildman–Crippen MR) is 74.6 cm³/mol. The summed E-state index contributed by atoms with van der Waals surface area (Å²) in [4.78, 5) is 0. The maximum absolute atomic E-state index is 3.68. The van der Waals surface area contributed by atoms with E-state index in [9.17, 15) is 0 Å². The molecule has 0 fully saturated rings. The number of hydrogen-bond acceptors (Lipinski definition) is 2. The van der Waals surface area contributed by atoms with E-state index in [1.165, 1.54) is 16.8 Å². The van der Waals surface area contributed by atoms with Gasteiger partial charge < -0.3 is 5.32 Å². The molecule has 2 aromatic rings. The molecule has 1 aliphatic carbocycles. The highest BCUT2D eigenvalue weighted by molar-refractivity contribution is 7.08. The first-order chi connectivity index (χ1) is 8.17. The first kappa shape index (κ1) is 10.8. The Morgan fingerprint density at radius 2 is 2.06 bits per heavy atom. The van der Waals surface area contributed by atoms with Crippen LogP contribution in [0.4, 0.5) is 5.69 Å². The van der Waals surface area contributed by atoms with Gasteiger partial charge in [-0.1, -0.05) is 38.1 Å². The van der Waals surface area contributed by atoms with Gasteiger partial charge in [-0.15, -0.1) is 0 Å². The highest BCUT2D eigenvalue weighted by atomic mass is 32.1. The molecular formula is C15H17NS. The Kier molecular flexibility index (Phi) is 2.48. The molecule has 0 amide bonds. The maximum Gasteiger partial charge on any atom is 0.0570 e. The molecule has 1 aromatic carbocycles. The molecule has 0 aliphatic heterocycles. The van der Waals surface area contributed by atoms with Crippen molar-refractivity contribution in [2.75, 3.05) is 5.32 Å². The van der Waals surface area contributed by atoms with Crippen LogP contribution in [0.1, 0.15) is 31.0 Å². The lowest BCUT2D eigenvalue weighted by Crippen LogP contribution is -2.24. The molecule has 1 aromatic heterocycles. The van der Waals surface area contributed by atoms with Gasteiger partial charge in [0.1, 0.15) is 0 Å². The summed E-state index contributed by atoms with van der Waals surface area (Å²) in [6.07, 6.45) is 1.16. The summed E-state index contributed by atoms with van der Waals surface area (Å²) in [6.45, 7) is 4.69. The molecule has 3 rings (SSSR count). The average Bonchev–Trinajstić information content (AvgIpc) is 2.86. The van der Waals surface area contributed by atoms with Crippen molar-refractivity contribution in [3.63, 3.8) is 0 Å². The normalized spacial score (nSPS) is 21.2. The fourth-order valence-corrected chi connectivity index (χ4v) is 3.37. The van der Waals surface area contributed by atoms with Crippen LogP contribution in [-0.4, -0.2) is 0 Å². The molecule has 88 valence electrons. The Bertz CT molecular complexity index is 513. The first-order valence-electron chi connectivity index (χ1n) is 6.03. The molecule has 0 saturated heterocycles. The van der Waals surface area contributed by atoms with E-state index in [1.807, 2.05) is 0 Å². The Balaban J connectivity index is 1.97. The van der Waals surface area contributed by atoms with Gasteiger partial charge in [-0.25, -0.2) is 0 Å². The van der Waals surface area contributed by atoms with Crippen LogP contribution in [0.2, 0.25) is 0 Å². The van der Waals surface area contributed by atoms with E-state index < -0.39 is 0 Å². The lowest BCUT2D eigenvalue weighted by molar-refractivity contribution is 0.337. The first-order valence-corrected chi connectivity index (χ1v) is 6.98. The van der Waals surface area contributed by atoms with Gasteiger partial charge in [0.05, 0.1) is 6.04 Å². The number of fused-ring (bicyclic) bond motifs is 1. The van der Waals surface area contributed by atoms with Gasteiger partial charge in [0.25, 0.3) is 0 Å². The minimum absolute atomic E-state index is 0.283. The smallest absolute Gasteiger partial charge is 0.0570 e. The summed E-state index contributed by atoms with van der Waals surface area (Å²) in [5, 5.41) is 7.98. The third-order valence-electron chi connectivity index (χ3n) is 3.63. The van der Waals surface area contributed by atoms with Gasteiger partial charge in [0.15, 0.2) is 0 Å². The van der Waals surface area contributed by atoms with E-state index in [-0.39, 0.29) is 5.41 Å². The molecule has 1 nitrogen and oxygen atoms in total. The van der Waals surface area contributed by atoms with Crippen LogP contribution >= 0.6 is 11.3 Å². The quantitative estimate of drug-likeness (QED) is 0.819. The van der Waals surface area contributed by atoms with Crippen molar-refractivity contribution >= 4 is 17.0 Å². The molecule has 0 radical (unpaired) electrons. The molecule has 17 heavy (non-hydrogen) atoms. The molecule has 1 atom stereocenters. The lowest BCUT2D eigenvalue weighted by Gasteiger charge is -2.29. The molecule has 1 aliphatic rings. The minimum Gasteiger partial charge on any atom is -0.377 e. The topological polar surface area (TPSA) is 12.0 Å². The number of hydrogen-bond donors (Lipinski definition) is 1. The van der Waals surface area contributed by atoms with Crippen LogP contribution < -0.4 is 5.32 Å². The second-order valence-corrected chi connectivity index (χ2v) is 6.23. The number of rotatable bonds is 2. The van der Waals surface area contributed by atoms with Gasteiger partial charge in [-0.3, -0.25) is 0 Å². The predicted octanol–water partition coefficient (Wildman–Crippen LogP) is 4.48. The van der Waals surface area contributed by atoms with E-state index >= 15 is 0 Å². The van der Waals surface area contributed by atoms with Crippen molar-refractivity contribution in [2.45, 2.75) is 26.3 Å². The van der Waals surface area contributed by atoms with Crippen LogP contribution in [0.25, 0.3) is 0 Å². The zero-order valence-corrected chi connectivity index (χ0v) is 11.1. The van der Waals surface area contributed by atoms with E-state index in [4.69, 9.17) is 0 Å². The largest absolute Gasteiger partial charge is 0.377 e. The third kappa shape index (κ3) is 1.87. The van der Waals surface area contributed by atoms with Crippen molar-refractivity contribution in [3.05, 3.63) is 52.2 Å². The van der Waals surface area contributed by atoms with E-state index in [0.29, 0.717) is 6.04 Å². The molecule has 0 bridgehead atoms. The van der Waals surface area contributed by atoms with Crippen LogP contribution in [0.3, 0.4) is 0 Å². The second-order valence-electron chi connectivity index (χ2n) is 5.45. The Labute approximate surface area is 106 Å². The van der Waals surface area contributed by atoms with Gasteiger partial charge in [-0.05, 0) is 34.4 Å². The maximum atomic E-state index is 3.68. The highest BCUT2D eigenvalue weighted by Crippen LogP contribution is 2.46. The molecule has 2 heteroatoms. The summed E-state index contributed by atoms with van der Waals surface area (Å²) < 4.78 is 0. The third-order valence-corrected chi connectivity index (χ3v) is 4.31. The standard InChI is InChI=1S/C15H17NS/c1-15(2)9-11-5-3-4-6-13(11)14(15)16-12-7-8-17-10-12/h3-8,10,14,16H,9H2,1-2H3. The van der Waals surface area contributed by atoms with Gasteiger partial charge in [0, 0.05) is 11.1 Å². The van der Waals surface area contributed by atoms with Crippen LogP contribution in [-0.2, 0) is 6.42 Å².